The Kier molecular flexibility index (Phi) is 3.19. The van der Waals surface area contributed by atoms with Gasteiger partial charge in [0, 0.05) is 18.5 Å². The number of carbonyl (C=O) groups is 2. The number of carboxylic acid groups (broad SMARTS) is 1. The minimum Gasteiger partial charge on any atom is -0.481 e. The monoisotopic (exact) mass is 253 g/mol. The lowest BCUT2D eigenvalue weighted by molar-refractivity contribution is -0.142. The van der Waals surface area contributed by atoms with E-state index in [0.717, 1.165) is 5.56 Å². The smallest absolute Gasteiger partial charge is 0.308 e. The van der Waals surface area contributed by atoms with Gasteiger partial charge in [0.1, 0.15) is 0 Å². The van der Waals surface area contributed by atoms with Crippen molar-refractivity contribution in [2.45, 2.75) is 13.8 Å². The van der Waals surface area contributed by atoms with Gasteiger partial charge in [0.2, 0.25) is 0 Å². The second-order valence-electron chi connectivity index (χ2n) is 4.60. The third kappa shape index (κ3) is 2.20. The van der Waals surface area contributed by atoms with E-state index in [1.807, 2.05) is 24.6 Å². The first-order valence-corrected chi connectivity index (χ1v) is 6.50. The number of likely N-dealkylation sites (tertiary alicyclic amines) is 1. The van der Waals surface area contributed by atoms with Gasteiger partial charge in [0.05, 0.1) is 11.5 Å². The van der Waals surface area contributed by atoms with Crippen LogP contribution >= 0.6 is 11.3 Å². The largest absolute Gasteiger partial charge is 0.481 e. The number of hydrogen-bond acceptors (Lipinski definition) is 3. The van der Waals surface area contributed by atoms with Crippen molar-refractivity contribution in [2.24, 2.45) is 11.8 Å². The second-order valence-corrected chi connectivity index (χ2v) is 5.34. The lowest BCUT2D eigenvalue weighted by Gasteiger charge is -2.15. The maximum absolute atomic E-state index is 12.2. The highest BCUT2D eigenvalue weighted by atomic mass is 32.1. The predicted molar refractivity (Wildman–Crippen MR) is 65.2 cm³/mol. The molecule has 0 saturated carbocycles. The SMILES string of the molecule is Cc1cscc1C(=O)N1CC(C)C(C(=O)O)C1. The Balaban J connectivity index is 2.13. The molecule has 1 fully saturated rings. The lowest BCUT2D eigenvalue weighted by atomic mass is 9.99. The van der Waals surface area contributed by atoms with E-state index in [1.165, 1.54) is 11.3 Å². The van der Waals surface area contributed by atoms with E-state index >= 15 is 0 Å². The van der Waals surface area contributed by atoms with Gasteiger partial charge in [0.15, 0.2) is 0 Å². The molecule has 92 valence electrons. The Morgan fingerprint density at radius 3 is 2.59 bits per heavy atom. The average Bonchev–Trinajstić information content (AvgIpc) is 2.83. The summed E-state index contributed by atoms with van der Waals surface area (Å²) in [7, 11) is 0. The van der Waals surface area contributed by atoms with Crippen molar-refractivity contribution in [3.8, 4) is 0 Å². The molecule has 2 atom stereocenters. The molecule has 2 rings (SSSR count). The summed E-state index contributed by atoms with van der Waals surface area (Å²) in [4.78, 5) is 24.8. The summed E-state index contributed by atoms with van der Waals surface area (Å²) in [6.07, 6.45) is 0. The Bertz CT molecular complexity index is 454. The highest BCUT2D eigenvalue weighted by molar-refractivity contribution is 7.08. The number of thiophene rings is 1. The summed E-state index contributed by atoms with van der Waals surface area (Å²) in [6.45, 7) is 4.64. The summed E-state index contributed by atoms with van der Waals surface area (Å²) in [5.41, 5.74) is 1.67. The molecule has 1 aromatic heterocycles. The average molecular weight is 253 g/mol. The maximum Gasteiger partial charge on any atom is 0.308 e. The summed E-state index contributed by atoms with van der Waals surface area (Å²) in [6, 6.07) is 0. The standard InChI is InChI=1S/C12H15NO3S/c1-7-3-13(4-9(7)12(15)16)11(14)10-6-17-5-8(10)2/h5-7,9H,3-4H2,1-2H3,(H,15,16). The number of carboxylic acids is 1. The zero-order valence-electron chi connectivity index (χ0n) is 9.84. The number of carbonyl (C=O) groups excluding carboxylic acids is 1. The van der Waals surface area contributed by atoms with Crippen LogP contribution in [0.2, 0.25) is 0 Å². The first-order chi connectivity index (χ1) is 8.00. The molecule has 1 aromatic rings. The number of rotatable bonds is 2. The Morgan fingerprint density at radius 1 is 1.41 bits per heavy atom. The van der Waals surface area contributed by atoms with Crippen LogP contribution in [0.15, 0.2) is 10.8 Å². The lowest BCUT2D eigenvalue weighted by Crippen LogP contribution is -2.30. The number of aryl methyl sites for hydroxylation is 1. The molecular weight excluding hydrogens is 238 g/mol. The van der Waals surface area contributed by atoms with Gasteiger partial charge >= 0.3 is 5.97 Å². The van der Waals surface area contributed by atoms with Crippen LogP contribution in [0.25, 0.3) is 0 Å². The van der Waals surface area contributed by atoms with Crippen LogP contribution in [0.3, 0.4) is 0 Å². The number of hydrogen-bond donors (Lipinski definition) is 1. The second kappa shape index (κ2) is 4.49. The topological polar surface area (TPSA) is 57.6 Å². The number of aliphatic carboxylic acids is 1. The molecule has 0 bridgehead atoms. The molecule has 17 heavy (non-hydrogen) atoms. The fourth-order valence-corrected chi connectivity index (χ4v) is 3.03. The van der Waals surface area contributed by atoms with Crippen LogP contribution in [0.5, 0.6) is 0 Å². The van der Waals surface area contributed by atoms with Crippen LogP contribution in [-0.4, -0.2) is 35.0 Å². The molecule has 1 aliphatic heterocycles. The van der Waals surface area contributed by atoms with Crippen molar-refractivity contribution < 1.29 is 14.7 Å². The van der Waals surface area contributed by atoms with Crippen molar-refractivity contribution in [1.82, 2.24) is 4.90 Å². The van der Waals surface area contributed by atoms with Gasteiger partial charge in [0.25, 0.3) is 5.91 Å². The van der Waals surface area contributed by atoms with Crippen LogP contribution in [-0.2, 0) is 4.79 Å². The molecule has 0 spiro atoms. The molecule has 0 aliphatic carbocycles. The quantitative estimate of drug-likeness (QED) is 0.875. The minimum atomic E-state index is -0.810. The molecule has 0 radical (unpaired) electrons. The van der Waals surface area contributed by atoms with Gasteiger partial charge < -0.3 is 10.0 Å². The molecule has 1 aliphatic rings. The van der Waals surface area contributed by atoms with E-state index in [0.29, 0.717) is 18.7 Å². The summed E-state index contributed by atoms with van der Waals surface area (Å²) in [5.74, 6) is -1.26. The van der Waals surface area contributed by atoms with E-state index in [9.17, 15) is 9.59 Å². The van der Waals surface area contributed by atoms with E-state index in [-0.39, 0.29) is 11.8 Å². The van der Waals surface area contributed by atoms with Crippen molar-refractivity contribution in [1.29, 1.82) is 0 Å². The highest BCUT2D eigenvalue weighted by Crippen LogP contribution is 2.26. The minimum absolute atomic E-state index is 0.0235. The van der Waals surface area contributed by atoms with Crippen molar-refractivity contribution in [2.75, 3.05) is 13.1 Å². The predicted octanol–water partition coefficient (Wildman–Crippen LogP) is 1.85. The van der Waals surface area contributed by atoms with E-state index < -0.39 is 11.9 Å². The number of amides is 1. The Hall–Kier alpha value is -1.36. The third-order valence-corrected chi connectivity index (χ3v) is 4.16. The van der Waals surface area contributed by atoms with Gasteiger partial charge in [-0.1, -0.05) is 6.92 Å². The van der Waals surface area contributed by atoms with Gasteiger partial charge in [-0.05, 0) is 23.8 Å². The van der Waals surface area contributed by atoms with E-state index in [4.69, 9.17) is 5.11 Å². The molecule has 2 heterocycles. The van der Waals surface area contributed by atoms with Crippen molar-refractivity contribution >= 4 is 23.2 Å². The summed E-state index contributed by atoms with van der Waals surface area (Å²) in [5, 5.41) is 12.8. The van der Waals surface area contributed by atoms with Crippen molar-refractivity contribution in [3.05, 3.63) is 21.9 Å². The third-order valence-electron chi connectivity index (χ3n) is 3.30. The molecule has 1 N–H and O–H groups in total. The molecule has 0 aromatic carbocycles. The first-order valence-electron chi connectivity index (χ1n) is 5.55. The molecule has 5 heteroatoms. The van der Waals surface area contributed by atoms with Gasteiger partial charge in [-0.15, -0.1) is 0 Å². The summed E-state index contributed by atoms with van der Waals surface area (Å²) < 4.78 is 0. The molecule has 1 amide bonds. The highest BCUT2D eigenvalue weighted by Gasteiger charge is 2.37. The van der Waals surface area contributed by atoms with Gasteiger partial charge in [-0.25, -0.2) is 0 Å². The fourth-order valence-electron chi connectivity index (χ4n) is 2.20. The van der Waals surface area contributed by atoms with Crippen LogP contribution in [0, 0.1) is 18.8 Å². The molecule has 2 unspecified atom stereocenters. The van der Waals surface area contributed by atoms with Gasteiger partial charge in [-0.2, -0.15) is 11.3 Å². The normalized spacial score (nSPS) is 24.0. The van der Waals surface area contributed by atoms with Crippen LogP contribution in [0.4, 0.5) is 0 Å². The van der Waals surface area contributed by atoms with E-state index in [1.54, 1.807) is 4.90 Å². The fraction of sp³-hybridized carbons (Fsp3) is 0.500. The Labute approximate surface area is 104 Å². The first kappa shape index (κ1) is 12.1. The zero-order valence-corrected chi connectivity index (χ0v) is 10.7. The molecule has 1 saturated heterocycles. The maximum atomic E-state index is 12.2. The summed E-state index contributed by atoms with van der Waals surface area (Å²) >= 11 is 1.50. The van der Waals surface area contributed by atoms with Crippen LogP contribution < -0.4 is 0 Å². The van der Waals surface area contributed by atoms with Gasteiger partial charge in [-0.3, -0.25) is 9.59 Å². The van der Waals surface area contributed by atoms with E-state index in [2.05, 4.69) is 0 Å². The Morgan fingerprint density at radius 2 is 2.12 bits per heavy atom. The molecule has 4 nitrogen and oxygen atoms in total. The molecular formula is C12H15NO3S. The zero-order chi connectivity index (χ0) is 12.6. The van der Waals surface area contributed by atoms with Crippen LogP contribution in [0.1, 0.15) is 22.8 Å². The number of nitrogens with zero attached hydrogens (tertiary/aromatic N) is 1. The van der Waals surface area contributed by atoms with Crippen molar-refractivity contribution in [3.63, 3.8) is 0 Å².